The van der Waals surface area contributed by atoms with Crippen molar-refractivity contribution in [1.29, 1.82) is 0 Å². The molecule has 0 radical (unpaired) electrons. The molecule has 1 aliphatic rings. The molecule has 0 aliphatic carbocycles. The fourth-order valence-corrected chi connectivity index (χ4v) is 1.94. The van der Waals surface area contributed by atoms with Gasteiger partial charge in [0.15, 0.2) is 0 Å². The van der Waals surface area contributed by atoms with E-state index in [1.165, 1.54) is 0 Å². The summed E-state index contributed by atoms with van der Waals surface area (Å²) in [5.41, 5.74) is 4.49. The number of amides is 1. The molecule has 2 rings (SSSR count). The van der Waals surface area contributed by atoms with Crippen LogP contribution in [0, 0.1) is 5.92 Å². The first-order valence-electron chi connectivity index (χ1n) is 6.30. The van der Waals surface area contributed by atoms with Crippen LogP contribution in [-0.2, 0) is 4.79 Å². The van der Waals surface area contributed by atoms with Gasteiger partial charge in [0.2, 0.25) is 5.91 Å². The highest BCUT2D eigenvalue weighted by molar-refractivity contribution is 6.05. The molecule has 1 amide bonds. The Bertz CT molecular complexity index is 451. The number of hydrazone groups is 1. The van der Waals surface area contributed by atoms with Crippen LogP contribution in [0.1, 0.15) is 32.3 Å². The van der Waals surface area contributed by atoms with Crippen molar-refractivity contribution < 1.29 is 9.53 Å². The predicted octanol–water partition coefficient (Wildman–Crippen LogP) is 2.34. The molecule has 1 aliphatic heterocycles. The molecule has 1 atom stereocenters. The Morgan fingerprint density at radius 1 is 1.39 bits per heavy atom. The van der Waals surface area contributed by atoms with Gasteiger partial charge in [-0.25, -0.2) is 5.43 Å². The Morgan fingerprint density at radius 2 is 2.11 bits per heavy atom. The molecule has 0 bridgehead atoms. The molecule has 4 heteroatoms. The Balaban J connectivity index is 2.12. The van der Waals surface area contributed by atoms with Crippen molar-refractivity contribution in [2.45, 2.75) is 26.7 Å². The molecule has 0 fully saturated rings. The quantitative estimate of drug-likeness (QED) is 0.886. The third-order valence-electron chi connectivity index (χ3n) is 2.88. The second kappa shape index (κ2) is 5.67. The largest absolute Gasteiger partial charge is 0.494 e. The average Bonchev–Trinajstić information content (AvgIpc) is 2.37. The molecule has 1 aromatic carbocycles. The predicted molar refractivity (Wildman–Crippen MR) is 70.7 cm³/mol. The van der Waals surface area contributed by atoms with E-state index < -0.39 is 0 Å². The van der Waals surface area contributed by atoms with Crippen LogP contribution in [0.25, 0.3) is 0 Å². The van der Waals surface area contributed by atoms with Gasteiger partial charge in [0.25, 0.3) is 0 Å². The van der Waals surface area contributed by atoms with Crippen LogP contribution in [0.5, 0.6) is 5.75 Å². The van der Waals surface area contributed by atoms with Crippen molar-refractivity contribution >= 4 is 11.6 Å². The zero-order valence-corrected chi connectivity index (χ0v) is 10.8. The lowest BCUT2D eigenvalue weighted by molar-refractivity contribution is -0.121. The number of carbonyl (C=O) groups excluding carboxylic acids is 1. The van der Waals surface area contributed by atoms with Gasteiger partial charge in [0.05, 0.1) is 12.3 Å². The standard InChI is InChI=1S/C14H18N2O2/c1-3-8-18-12-6-4-11(5-7-12)14-10(2)9-13(17)15-16-14/h4-7,10H,3,8-9H2,1-2H3,(H,15,17). The summed E-state index contributed by atoms with van der Waals surface area (Å²) in [5, 5.41) is 4.13. The van der Waals surface area contributed by atoms with Crippen molar-refractivity contribution in [3.63, 3.8) is 0 Å². The summed E-state index contributed by atoms with van der Waals surface area (Å²) in [4.78, 5) is 11.2. The highest BCUT2D eigenvalue weighted by atomic mass is 16.5. The van der Waals surface area contributed by atoms with Crippen molar-refractivity contribution in [1.82, 2.24) is 5.43 Å². The molecule has 18 heavy (non-hydrogen) atoms. The number of hydrogen-bond donors (Lipinski definition) is 1. The molecule has 0 aromatic heterocycles. The number of rotatable bonds is 4. The van der Waals surface area contributed by atoms with Crippen LogP contribution in [-0.4, -0.2) is 18.2 Å². The van der Waals surface area contributed by atoms with Crippen molar-refractivity contribution in [2.24, 2.45) is 11.0 Å². The van der Waals surface area contributed by atoms with E-state index in [1.807, 2.05) is 31.2 Å². The maximum absolute atomic E-state index is 11.2. The summed E-state index contributed by atoms with van der Waals surface area (Å²) in [6.07, 6.45) is 1.49. The van der Waals surface area contributed by atoms with E-state index in [2.05, 4.69) is 17.5 Å². The fourth-order valence-electron chi connectivity index (χ4n) is 1.94. The lowest BCUT2D eigenvalue weighted by Crippen LogP contribution is -2.31. The smallest absolute Gasteiger partial charge is 0.240 e. The number of hydrogen-bond acceptors (Lipinski definition) is 3. The molecule has 1 aromatic rings. The number of nitrogens with one attached hydrogen (secondary N) is 1. The molecular formula is C14H18N2O2. The number of benzene rings is 1. The summed E-state index contributed by atoms with van der Waals surface area (Å²) in [6, 6.07) is 7.85. The fraction of sp³-hybridized carbons (Fsp3) is 0.429. The van der Waals surface area contributed by atoms with Crippen LogP contribution >= 0.6 is 0 Å². The van der Waals surface area contributed by atoms with E-state index in [1.54, 1.807) is 0 Å². The van der Waals surface area contributed by atoms with Gasteiger partial charge < -0.3 is 4.74 Å². The summed E-state index contributed by atoms with van der Waals surface area (Å²) >= 11 is 0. The first-order chi connectivity index (χ1) is 8.70. The van der Waals surface area contributed by atoms with Crippen molar-refractivity contribution in [2.75, 3.05) is 6.61 Å². The molecule has 4 nitrogen and oxygen atoms in total. The highest BCUT2D eigenvalue weighted by Gasteiger charge is 2.21. The first-order valence-corrected chi connectivity index (χ1v) is 6.30. The van der Waals surface area contributed by atoms with Crippen LogP contribution in [0.2, 0.25) is 0 Å². The van der Waals surface area contributed by atoms with Gasteiger partial charge in [-0.3, -0.25) is 4.79 Å². The summed E-state index contributed by atoms with van der Waals surface area (Å²) < 4.78 is 5.53. The number of carbonyl (C=O) groups is 1. The molecule has 1 N–H and O–H groups in total. The molecule has 96 valence electrons. The van der Waals surface area contributed by atoms with E-state index in [9.17, 15) is 4.79 Å². The third kappa shape index (κ3) is 2.88. The third-order valence-corrected chi connectivity index (χ3v) is 2.88. The average molecular weight is 246 g/mol. The molecule has 0 spiro atoms. The van der Waals surface area contributed by atoms with Gasteiger partial charge in [-0.05, 0) is 36.2 Å². The van der Waals surface area contributed by atoms with Crippen LogP contribution in [0.4, 0.5) is 0 Å². The lowest BCUT2D eigenvalue weighted by Gasteiger charge is -2.19. The van der Waals surface area contributed by atoms with Crippen molar-refractivity contribution in [3.05, 3.63) is 29.8 Å². The number of ether oxygens (including phenoxy) is 1. The second-order valence-electron chi connectivity index (χ2n) is 4.51. The zero-order chi connectivity index (χ0) is 13.0. The van der Waals surface area contributed by atoms with E-state index in [-0.39, 0.29) is 11.8 Å². The molecule has 0 saturated heterocycles. The van der Waals surface area contributed by atoms with Gasteiger partial charge in [-0.1, -0.05) is 13.8 Å². The summed E-state index contributed by atoms with van der Waals surface area (Å²) in [6.45, 7) is 4.82. The molecule has 1 heterocycles. The molecule has 1 unspecified atom stereocenters. The Labute approximate surface area is 107 Å². The SMILES string of the molecule is CCCOc1ccc(C2=NNC(=O)CC2C)cc1. The zero-order valence-electron chi connectivity index (χ0n) is 10.8. The van der Waals surface area contributed by atoms with E-state index in [0.717, 1.165) is 30.1 Å². The molecule has 0 saturated carbocycles. The number of nitrogens with zero attached hydrogens (tertiary/aromatic N) is 1. The maximum Gasteiger partial charge on any atom is 0.240 e. The highest BCUT2D eigenvalue weighted by Crippen LogP contribution is 2.19. The minimum absolute atomic E-state index is 0.0193. The topological polar surface area (TPSA) is 50.7 Å². The van der Waals surface area contributed by atoms with Crippen LogP contribution in [0.3, 0.4) is 0 Å². The molecular weight excluding hydrogens is 228 g/mol. The van der Waals surface area contributed by atoms with Gasteiger partial charge in [-0.2, -0.15) is 5.10 Å². The Morgan fingerprint density at radius 3 is 2.72 bits per heavy atom. The monoisotopic (exact) mass is 246 g/mol. The van der Waals surface area contributed by atoms with E-state index in [4.69, 9.17) is 4.74 Å². The van der Waals surface area contributed by atoms with Gasteiger partial charge in [-0.15, -0.1) is 0 Å². The Kier molecular flexibility index (Phi) is 3.97. The van der Waals surface area contributed by atoms with Crippen LogP contribution in [0.15, 0.2) is 29.4 Å². The minimum Gasteiger partial charge on any atom is -0.494 e. The summed E-state index contributed by atoms with van der Waals surface area (Å²) in [5.74, 6) is 1.00. The second-order valence-corrected chi connectivity index (χ2v) is 4.51. The van der Waals surface area contributed by atoms with Crippen molar-refractivity contribution in [3.8, 4) is 5.75 Å². The summed E-state index contributed by atoms with van der Waals surface area (Å²) in [7, 11) is 0. The van der Waals surface area contributed by atoms with Gasteiger partial charge in [0, 0.05) is 12.3 Å². The van der Waals surface area contributed by atoms with Gasteiger partial charge >= 0.3 is 0 Å². The normalized spacial score (nSPS) is 19.1. The van der Waals surface area contributed by atoms with E-state index >= 15 is 0 Å². The Hall–Kier alpha value is -1.84. The first kappa shape index (κ1) is 12.6. The van der Waals surface area contributed by atoms with E-state index in [0.29, 0.717) is 6.42 Å². The maximum atomic E-state index is 11.2. The van der Waals surface area contributed by atoms with Crippen LogP contribution < -0.4 is 10.2 Å². The minimum atomic E-state index is -0.0193. The van der Waals surface area contributed by atoms with Gasteiger partial charge in [0.1, 0.15) is 5.75 Å². The lowest BCUT2D eigenvalue weighted by atomic mass is 9.94.